The van der Waals surface area contributed by atoms with Gasteiger partial charge in [-0.05, 0) is 24.5 Å². The van der Waals surface area contributed by atoms with Gasteiger partial charge >= 0.3 is 0 Å². The molecule has 0 radical (unpaired) electrons. The average Bonchev–Trinajstić information content (AvgIpc) is 3.03. The van der Waals surface area contributed by atoms with Crippen LogP contribution >= 0.6 is 0 Å². The number of piperazine rings is 1. The van der Waals surface area contributed by atoms with Gasteiger partial charge in [-0.2, -0.15) is 5.26 Å². The lowest BCUT2D eigenvalue weighted by Crippen LogP contribution is -2.48. The fraction of sp³-hybridized carbons (Fsp3) is 0.588. The molecule has 4 nitrogen and oxygen atoms in total. The Bertz CT molecular complexity index is 497. The number of hydrogen-bond donors (Lipinski definition) is 0. The number of hydrogen-bond acceptors (Lipinski definition) is 4. The summed E-state index contributed by atoms with van der Waals surface area (Å²) in [4.78, 5) is 4.96. The van der Waals surface area contributed by atoms with Crippen LogP contribution in [0.4, 0.5) is 0 Å². The van der Waals surface area contributed by atoms with E-state index in [9.17, 15) is 0 Å². The van der Waals surface area contributed by atoms with E-state index < -0.39 is 0 Å². The number of benzene rings is 1. The minimum atomic E-state index is 0.455. The molecular formula is C17H23N3O. The predicted molar refractivity (Wildman–Crippen MR) is 81.8 cm³/mol. The van der Waals surface area contributed by atoms with Crippen LogP contribution in [0.25, 0.3) is 0 Å². The summed E-state index contributed by atoms with van der Waals surface area (Å²) in [5.41, 5.74) is 1.95. The molecule has 0 bridgehead atoms. The molecular weight excluding hydrogens is 262 g/mol. The van der Waals surface area contributed by atoms with Gasteiger partial charge in [-0.1, -0.05) is 18.2 Å². The quantitative estimate of drug-likeness (QED) is 0.846. The molecule has 2 fully saturated rings. The second kappa shape index (κ2) is 7.04. The Hall–Kier alpha value is -1.41. The van der Waals surface area contributed by atoms with Gasteiger partial charge in [0.25, 0.3) is 0 Å². The van der Waals surface area contributed by atoms with Crippen LogP contribution in [-0.2, 0) is 11.3 Å². The summed E-state index contributed by atoms with van der Waals surface area (Å²) < 4.78 is 5.72. The maximum atomic E-state index is 9.16. The zero-order valence-corrected chi connectivity index (χ0v) is 12.5. The first-order valence-corrected chi connectivity index (χ1v) is 7.89. The van der Waals surface area contributed by atoms with Crippen LogP contribution in [0, 0.1) is 11.3 Å². The summed E-state index contributed by atoms with van der Waals surface area (Å²) in [6.45, 7) is 7.28. The first-order chi connectivity index (χ1) is 10.3. The Balaban J connectivity index is 1.48. The van der Waals surface area contributed by atoms with Gasteiger partial charge in [-0.3, -0.25) is 9.80 Å². The molecule has 0 amide bonds. The summed E-state index contributed by atoms with van der Waals surface area (Å²) in [7, 11) is 0. The number of nitrogens with zero attached hydrogens (tertiary/aromatic N) is 3. The fourth-order valence-corrected chi connectivity index (χ4v) is 3.21. The summed E-state index contributed by atoms with van der Waals surface area (Å²) in [6.07, 6.45) is 2.89. The maximum Gasteiger partial charge on any atom is 0.0995 e. The highest BCUT2D eigenvalue weighted by atomic mass is 16.5. The zero-order valence-electron chi connectivity index (χ0n) is 12.5. The normalized spacial score (nSPS) is 24.0. The largest absolute Gasteiger partial charge is 0.377 e. The summed E-state index contributed by atoms with van der Waals surface area (Å²) in [5, 5.41) is 9.16. The van der Waals surface area contributed by atoms with E-state index in [-0.39, 0.29) is 0 Å². The van der Waals surface area contributed by atoms with Crippen LogP contribution in [-0.4, -0.2) is 55.2 Å². The lowest BCUT2D eigenvalue weighted by molar-refractivity contribution is 0.0489. The molecule has 0 spiro atoms. The maximum absolute atomic E-state index is 9.16. The fourth-order valence-electron chi connectivity index (χ4n) is 3.21. The van der Waals surface area contributed by atoms with Gasteiger partial charge in [0.1, 0.15) is 0 Å². The van der Waals surface area contributed by atoms with Crippen molar-refractivity contribution in [2.75, 3.05) is 39.3 Å². The van der Waals surface area contributed by atoms with Crippen molar-refractivity contribution in [3.63, 3.8) is 0 Å². The molecule has 3 rings (SSSR count). The van der Waals surface area contributed by atoms with Gasteiger partial charge in [-0.15, -0.1) is 0 Å². The molecule has 2 saturated heterocycles. The molecule has 4 heteroatoms. The first-order valence-electron chi connectivity index (χ1n) is 7.89. The van der Waals surface area contributed by atoms with Crippen LogP contribution < -0.4 is 0 Å². The van der Waals surface area contributed by atoms with E-state index in [0.717, 1.165) is 57.0 Å². The first kappa shape index (κ1) is 14.5. The molecule has 0 saturated carbocycles. The lowest BCUT2D eigenvalue weighted by Gasteiger charge is -2.35. The Kier molecular flexibility index (Phi) is 4.87. The van der Waals surface area contributed by atoms with Crippen LogP contribution in [0.3, 0.4) is 0 Å². The molecule has 0 unspecified atom stereocenters. The Morgan fingerprint density at radius 3 is 2.62 bits per heavy atom. The summed E-state index contributed by atoms with van der Waals surface area (Å²) in [5.74, 6) is 0. The predicted octanol–water partition coefficient (Wildman–Crippen LogP) is 1.85. The van der Waals surface area contributed by atoms with Gasteiger partial charge in [0, 0.05) is 45.9 Å². The van der Waals surface area contributed by atoms with Crippen molar-refractivity contribution in [2.45, 2.75) is 25.5 Å². The van der Waals surface area contributed by atoms with Crippen LogP contribution in [0.2, 0.25) is 0 Å². The Morgan fingerprint density at radius 1 is 1.14 bits per heavy atom. The molecule has 112 valence electrons. The van der Waals surface area contributed by atoms with Crippen LogP contribution in [0.15, 0.2) is 24.3 Å². The van der Waals surface area contributed by atoms with E-state index in [1.54, 1.807) is 0 Å². The van der Waals surface area contributed by atoms with Crippen LogP contribution in [0.1, 0.15) is 24.0 Å². The number of ether oxygens (including phenoxy) is 1. The van der Waals surface area contributed by atoms with E-state index in [1.807, 2.05) is 18.2 Å². The summed E-state index contributed by atoms with van der Waals surface area (Å²) in [6, 6.07) is 10.2. The molecule has 1 aromatic carbocycles. The standard InChI is InChI=1S/C17H23N3O/c18-12-15-4-1-2-5-16(15)13-19-7-9-20(10-8-19)14-17-6-3-11-21-17/h1-2,4-5,17H,3,6-11,13-14H2/t17-/m0/s1. The van der Waals surface area contributed by atoms with E-state index in [4.69, 9.17) is 10.00 Å². The molecule has 2 heterocycles. The van der Waals surface area contributed by atoms with Gasteiger partial charge in [0.05, 0.1) is 17.7 Å². The van der Waals surface area contributed by atoms with E-state index in [0.29, 0.717) is 6.10 Å². The van der Waals surface area contributed by atoms with E-state index >= 15 is 0 Å². The molecule has 0 N–H and O–H groups in total. The van der Waals surface area contributed by atoms with Crippen molar-refractivity contribution in [3.05, 3.63) is 35.4 Å². The smallest absolute Gasteiger partial charge is 0.0995 e. The van der Waals surface area contributed by atoms with Crippen molar-refractivity contribution >= 4 is 0 Å². The van der Waals surface area contributed by atoms with Crippen molar-refractivity contribution in [1.82, 2.24) is 9.80 Å². The third-order valence-electron chi connectivity index (χ3n) is 4.48. The molecule has 0 aromatic heterocycles. The molecule has 2 aliphatic heterocycles. The van der Waals surface area contributed by atoms with Gasteiger partial charge in [-0.25, -0.2) is 0 Å². The third kappa shape index (κ3) is 3.82. The second-order valence-corrected chi connectivity index (χ2v) is 5.98. The lowest BCUT2D eigenvalue weighted by atomic mass is 10.1. The highest BCUT2D eigenvalue weighted by Crippen LogP contribution is 2.16. The van der Waals surface area contributed by atoms with Crippen molar-refractivity contribution in [2.24, 2.45) is 0 Å². The third-order valence-corrected chi connectivity index (χ3v) is 4.48. The monoisotopic (exact) mass is 285 g/mol. The van der Waals surface area contributed by atoms with E-state index in [1.165, 1.54) is 12.8 Å². The second-order valence-electron chi connectivity index (χ2n) is 5.98. The molecule has 1 atom stereocenters. The molecule has 0 aliphatic carbocycles. The Morgan fingerprint density at radius 2 is 1.90 bits per heavy atom. The SMILES string of the molecule is N#Cc1ccccc1CN1CCN(C[C@@H]2CCCO2)CC1. The minimum absolute atomic E-state index is 0.455. The number of nitriles is 1. The molecule has 2 aliphatic rings. The highest BCUT2D eigenvalue weighted by molar-refractivity contribution is 5.37. The van der Waals surface area contributed by atoms with Crippen molar-refractivity contribution in [3.8, 4) is 6.07 Å². The minimum Gasteiger partial charge on any atom is -0.377 e. The van der Waals surface area contributed by atoms with Crippen LogP contribution in [0.5, 0.6) is 0 Å². The zero-order chi connectivity index (χ0) is 14.5. The Labute approximate surface area is 126 Å². The highest BCUT2D eigenvalue weighted by Gasteiger charge is 2.23. The molecule has 1 aromatic rings. The van der Waals surface area contributed by atoms with Gasteiger partial charge < -0.3 is 4.74 Å². The van der Waals surface area contributed by atoms with E-state index in [2.05, 4.69) is 21.9 Å². The topological polar surface area (TPSA) is 39.5 Å². The van der Waals surface area contributed by atoms with Gasteiger partial charge in [0.15, 0.2) is 0 Å². The average molecular weight is 285 g/mol. The number of rotatable bonds is 4. The molecule has 21 heavy (non-hydrogen) atoms. The van der Waals surface area contributed by atoms with Gasteiger partial charge in [0.2, 0.25) is 0 Å². The van der Waals surface area contributed by atoms with Crippen molar-refractivity contribution < 1.29 is 4.74 Å². The van der Waals surface area contributed by atoms with Crippen molar-refractivity contribution in [1.29, 1.82) is 5.26 Å². The summed E-state index contributed by atoms with van der Waals surface area (Å²) >= 11 is 0.